The monoisotopic (exact) mass is 396 g/mol. The molecule has 1 aliphatic carbocycles. The molecule has 3 rings (SSSR count). The third-order valence-electron chi connectivity index (χ3n) is 5.08. The van der Waals surface area contributed by atoms with Gasteiger partial charge in [-0.2, -0.15) is 11.8 Å². The Kier molecular flexibility index (Phi) is 6.89. The highest BCUT2D eigenvalue weighted by Gasteiger charge is 2.28. The Morgan fingerprint density at radius 2 is 1.92 bits per heavy atom. The van der Waals surface area contributed by atoms with Crippen LogP contribution in [0.4, 0.5) is 4.79 Å². The number of aromatic nitrogens is 1. The molecule has 1 saturated carbocycles. The van der Waals surface area contributed by atoms with Gasteiger partial charge in [0.1, 0.15) is 5.60 Å². The van der Waals surface area contributed by atoms with Crippen LogP contribution in [0.15, 0.2) is 5.38 Å². The summed E-state index contributed by atoms with van der Waals surface area (Å²) in [7, 11) is 0. The standard InChI is InChI=1S/C20H32N2O2S2/c1-20(2,3)24-19(23)22-11-9-15(10-12-22)18-21-16(14-26-18)13-25-17-7-5-4-6-8-17/h14-15,17H,4-13H2,1-3H3. The van der Waals surface area contributed by atoms with Gasteiger partial charge in [-0.3, -0.25) is 0 Å². The lowest BCUT2D eigenvalue weighted by Crippen LogP contribution is -2.41. The lowest BCUT2D eigenvalue weighted by molar-refractivity contribution is 0.0205. The van der Waals surface area contributed by atoms with Gasteiger partial charge >= 0.3 is 6.09 Å². The van der Waals surface area contributed by atoms with E-state index in [0.717, 1.165) is 36.9 Å². The van der Waals surface area contributed by atoms with Crippen molar-refractivity contribution in [3.63, 3.8) is 0 Å². The molecule has 26 heavy (non-hydrogen) atoms. The van der Waals surface area contributed by atoms with Gasteiger partial charge in [-0.25, -0.2) is 9.78 Å². The summed E-state index contributed by atoms with van der Waals surface area (Å²) in [6.07, 6.45) is 8.77. The first-order valence-electron chi connectivity index (χ1n) is 9.94. The molecular formula is C20H32N2O2S2. The van der Waals surface area contributed by atoms with Crippen LogP contribution in [0.25, 0.3) is 0 Å². The number of carbonyl (C=O) groups excluding carboxylic acids is 1. The number of hydrogen-bond donors (Lipinski definition) is 0. The Morgan fingerprint density at radius 3 is 2.58 bits per heavy atom. The SMILES string of the molecule is CC(C)(C)OC(=O)N1CCC(c2nc(CSC3CCCCC3)cs2)CC1. The predicted molar refractivity (Wildman–Crippen MR) is 110 cm³/mol. The molecule has 146 valence electrons. The third kappa shape index (κ3) is 5.88. The van der Waals surface area contributed by atoms with Gasteiger partial charge in [0, 0.05) is 35.4 Å². The Hall–Kier alpha value is -0.750. The minimum Gasteiger partial charge on any atom is -0.444 e. The maximum atomic E-state index is 12.2. The van der Waals surface area contributed by atoms with Gasteiger partial charge in [0.25, 0.3) is 0 Å². The molecule has 0 atom stereocenters. The fraction of sp³-hybridized carbons (Fsp3) is 0.800. The van der Waals surface area contributed by atoms with Crippen molar-refractivity contribution in [2.24, 2.45) is 0 Å². The topological polar surface area (TPSA) is 42.4 Å². The van der Waals surface area contributed by atoms with Crippen LogP contribution in [0.2, 0.25) is 0 Å². The number of likely N-dealkylation sites (tertiary alicyclic amines) is 1. The minimum absolute atomic E-state index is 0.181. The van der Waals surface area contributed by atoms with Crippen LogP contribution in [0.3, 0.4) is 0 Å². The van der Waals surface area contributed by atoms with Crippen LogP contribution in [-0.4, -0.2) is 39.9 Å². The highest BCUT2D eigenvalue weighted by atomic mass is 32.2. The molecule has 1 saturated heterocycles. The molecule has 1 amide bonds. The van der Waals surface area contributed by atoms with Gasteiger partial charge < -0.3 is 9.64 Å². The number of ether oxygens (including phenoxy) is 1. The first-order valence-corrected chi connectivity index (χ1v) is 11.9. The lowest BCUT2D eigenvalue weighted by atomic mass is 9.98. The van der Waals surface area contributed by atoms with Crippen LogP contribution < -0.4 is 0 Å². The van der Waals surface area contributed by atoms with Crippen LogP contribution in [0.1, 0.15) is 82.3 Å². The van der Waals surface area contributed by atoms with Gasteiger partial charge in [0.15, 0.2) is 0 Å². The second kappa shape index (κ2) is 8.96. The maximum absolute atomic E-state index is 12.2. The van der Waals surface area contributed by atoms with E-state index in [2.05, 4.69) is 17.1 Å². The summed E-state index contributed by atoms with van der Waals surface area (Å²) < 4.78 is 5.48. The molecule has 0 radical (unpaired) electrons. The van der Waals surface area contributed by atoms with Crippen molar-refractivity contribution < 1.29 is 9.53 Å². The first-order chi connectivity index (χ1) is 12.4. The summed E-state index contributed by atoms with van der Waals surface area (Å²) in [5.74, 6) is 1.55. The van der Waals surface area contributed by atoms with Crippen molar-refractivity contribution in [1.29, 1.82) is 0 Å². The number of thioether (sulfide) groups is 1. The minimum atomic E-state index is -0.422. The molecule has 0 unspecified atom stereocenters. The number of carbonyl (C=O) groups is 1. The average molecular weight is 397 g/mol. The summed E-state index contributed by atoms with van der Waals surface area (Å²) in [5, 5.41) is 4.34. The van der Waals surface area contributed by atoms with Crippen LogP contribution >= 0.6 is 23.1 Å². The molecule has 0 N–H and O–H groups in total. The summed E-state index contributed by atoms with van der Waals surface area (Å²) in [5.41, 5.74) is 0.823. The van der Waals surface area contributed by atoms with E-state index < -0.39 is 5.60 Å². The van der Waals surface area contributed by atoms with E-state index in [1.807, 2.05) is 25.7 Å². The number of amides is 1. The largest absolute Gasteiger partial charge is 0.444 e. The molecule has 0 spiro atoms. The molecule has 2 fully saturated rings. The number of rotatable bonds is 4. The first kappa shape index (κ1) is 20.0. The van der Waals surface area contributed by atoms with Gasteiger partial charge in [0.05, 0.1) is 10.7 Å². The van der Waals surface area contributed by atoms with Crippen molar-refractivity contribution in [3.8, 4) is 0 Å². The Balaban J connectivity index is 1.44. The van der Waals surface area contributed by atoms with Crippen molar-refractivity contribution in [1.82, 2.24) is 9.88 Å². The van der Waals surface area contributed by atoms with Gasteiger partial charge in [-0.1, -0.05) is 19.3 Å². The Bertz CT molecular complexity index is 583. The highest BCUT2D eigenvalue weighted by molar-refractivity contribution is 7.99. The van der Waals surface area contributed by atoms with E-state index in [-0.39, 0.29) is 6.09 Å². The Labute approximate surface area is 166 Å². The number of piperidine rings is 1. The molecule has 2 aliphatic rings. The van der Waals surface area contributed by atoms with Crippen LogP contribution in [-0.2, 0) is 10.5 Å². The number of hydrogen-bond acceptors (Lipinski definition) is 5. The summed E-state index contributed by atoms with van der Waals surface area (Å²) in [6, 6.07) is 0. The normalized spacial score (nSPS) is 20.3. The molecule has 0 aromatic carbocycles. The number of nitrogens with zero attached hydrogens (tertiary/aromatic N) is 2. The second-order valence-corrected chi connectivity index (χ2v) is 10.7. The van der Waals surface area contributed by atoms with Crippen molar-refractivity contribution in [2.45, 2.75) is 88.2 Å². The molecule has 6 heteroatoms. The third-order valence-corrected chi connectivity index (χ3v) is 7.55. The zero-order valence-electron chi connectivity index (χ0n) is 16.3. The van der Waals surface area contributed by atoms with Gasteiger partial charge in [-0.15, -0.1) is 11.3 Å². The van der Waals surface area contributed by atoms with E-state index in [1.54, 1.807) is 11.3 Å². The molecule has 1 aliphatic heterocycles. The maximum Gasteiger partial charge on any atom is 0.410 e. The van der Waals surface area contributed by atoms with Gasteiger partial charge in [-0.05, 0) is 46.5 Å². The van der Waals surface area contributed by atoms with Crippen LogP contribution in [0, 0.1) is 0 Å². The lowest BCUT2D eigenvalue weighted by Gasteiger charge is -2.32. The predicted octanol–water partition coefficient (Wildman–Crippen LogP) is 5.82. The van der Waals surface area contributed by atoms with E-state index in [4.69, 9.17) is 9.72 Å². The molecule has 4 nitrogen and oxygen atoms in total. The highest BCUT2D eigenvalue weighted by Crippen LogP contribution is 2.34. The smallest absolute Gasteiger partial charge is 0.410 e. The van der Waals surface area contributed by atoms with Crippen molar-refractivity contribution in [3.05, 3.63) is 16.1 Å². The quantitative estimate of drug-likeness (QED) is 0.643. The molecule has 1 aromatic heterocycles. The summed E-state index contributed by atoms with van der Waals surface area (Å²) >= 11 is 3.90. The fourth-order valence-corrected chi connectivity index (χ4v) is 5.96. The Morgan fingerprint density at radius 1 is 1.23 bits per heavy atom. The summed E-state index contributed by atoms with van der Waals surface area (Å²) in [4.78, 5) is 18.9. The molecule has 2 heterocycles. The fourth-order valence-electron chi connectivity index (χ4n) is 3.65. The summed E-state index contributed by atoms with van der Waals surface area (Å²) in [6.45, 7) is 7.29. The van der Waals surface area contributed by atoms with Crippen molar-refractivity contribution in [2.75, 3.05) is 13.1 Å². The van der Waals surface area contributed by atoms with Crippen molar-refractivity contribution >= 4 is 29.2 Å². The van der Waals surface area contributed by atoms with Gasteiger partial charge in [0.2, 0.25) is 0 Å². The van der Waals surface area contributed by atoms with E-state index in [9.17, 15) is 4.79 Å². The zero-order valence-corrected chi connectivity index (χ0v) is 18.0. The molecule has 1 aromatic rings. The van der Waals surface area contributed by atoms with E-state index in [1.165, 1.54) is 42.8 Å². The number of thiazole rings is 1. The average Bonchev–Trinajstić information content (AvgIpc) is 3.08. The van der Waals surface area contributed by atoms with E-state index >= 15 is 0 Å². The second-order valence-electron chi connectivity index (χ2n) is 8.49. The molecule has 0 bridgehead atoms. The molecular weight excluding hydrogens is 364 g/mol. The van der Waals surface area contributed by atoms with Crippen LogP contribution in [0.5, 0.6) is 0 Å². The van der Waals surface area contributed by atoms with E-state index in [0.29, 0.717) is 5.92 Å². The zero-order chi connectivity index (χ0) is 18.6.